The number of likely N-dealkylation sites (tertiary alicyclic amines) is 1. The van der Waals surface area contributed by atoms with Crippen molar-refractivity contribution in [2.75, 3.05) is 13.1 Å². The van der Waals surface area contributed by atoms with E-state index in [0.29, 0.717) is 11.6 Å². The number of amides is 1. The first kappa shape index (κ1) is 10.5. The monoisotopic (exact) mass is 226 g/mol. The molecule has 0 bridgehead atoms. The summed E-state index contributed by atoms with van der Waals surface area (Å²) < 4.78 is 7.77. The maximum atomic E-state index is 11.9. The summed E-state index contributed by atoms with van der Waals surface area (Å²) in [5.74, 6) is 0.396. The quantitative estimate of drug-likeness (QED) is 0.789. The van der Waals surface area contributed by atoms with Crippen LogP contribution in [0.4, 0.5) is 0 Å². The molecule has 2 heterocycles. The third kappa shape index (κ3) is 2.15. The van der Waals surface area contributed by atoms with Crippen molar-refractivity contribution in [3.8, 4) is 0 Å². The van der Waals surface area contributed by atoms with Gasteiger partial charge in [0.1, 0.15) is 0 Å². The van der Waals surface area contributed by atoms with Crippen LogP contribution < -0.4 is 5.73 Å². The second-order valence-electron chi connectivity index (χ2n) is 3.95. The Labute approximate surface area is 92.6 Å². The highest BCUT2D eigenvalue weighted by atomic mass is 32.1. The summed E-state index contributed by atoms with van der Waals surface area (Å²) >= 11 is 1.06. The van der Waals surface area contributed by atoms with E-state index in [1.807, 2.05) is 11.8 Å². The van der Waals surface area contributed by atoms with E-state index in [9.17, 15) is 4.79 Å². The van der Waals surface area contributed by atoms with Crippen molar-refractivity contribution in [1.29, 1.82) is 0 Å². The van der Waals surface area contributed by atoms with Crippen molar-refractivity contribution in [2.45, 2.75) is 19.4 Å². The van der Waals surface area contributed by atoms with Crippen LogP contribution in [0.5, 0.6) is 0 Å². The number of aromatic nitrogens is 2. The minimum absolute atomic E-state index is 0.0214. The molecule has 5 nitrogen and oxygen atoms in total. The highest BCUT2D eigenvalue weighted by molar-refractivity contribution is 6.99. The Morgan fingerprint density at radius 3 is 3.13 bits per heavy atom. The predicted molar refractivity (Wildman–Crippen MR) is 57.6 cm³/mol. The molecule has 0 aromatic carbocycles. The van der Waals surface area contributed by atoms with Crippen LogP contribution in [-0.4, -0.2) is 38.7 Å². The molecular weight excluding hydrogens is 212 g/mol. The summed E-state index contributed by atoms with van der Waals surface area (Å²) in [7, 11) is 0. The van der Waals surface area contributed by atoms with E-state index < -0.39 is 0 Å². The topological polar surface area (TPSA) is 72.1 Å². The van der Waals surface area contributed by atoms with Gasteiger partial charge in [-0.3, -0.25) is 4.79 Å². The smallest absolute Gasteiger partial charge is 0.275 e. The first-order valence-electron chi connectivity index (χ1n) is 5.01. The molecule has 0 radical (unpaired) electrons. The summed E-state index contributed by atoms with van der Waals surface area (Å²) in [5, 5.41) is 0. The van der Waals surface area contributed by atoms with Crippen molar-refractivity contribution in [3.63, 3.8) is 0 Å². The van der Waals surface area contributed by atoms with E-state index in [0.717, 1.165) is 31.2 Å². The standard InChI is InChI=1S/C9H14N4OS/c1-6(10)7-2-3-13(5-7)9(14)8-4-11-15-12-8/h4,6-7H,2-3,5,10H2,1H3. The van der Waals surface area contributed by atoms with Gasteiger partial charge >= 0.3 is 0 Å². The van der Waals surface area contributed by atoms with Crippen LogP contribution in [0.1, 0.15) is 23.8 Å². The number of hydrogen-bond donors (Lipinski definition) is 1. The Balaban J connectivity index is 1.99. The lowest BCUT2D eigenvalue weighted by Crippen LogP contribution is -2.33. The molecule has 2 atom stereocenters. The van der Waals surface area contributed by atoms with E-state index in [2.05, 4.69) is 8.75 Å². The number of hydrogen-bond acceptors (Lipinski definition) is 5. The molecule has 1 amide bonds. The SMILES string of the molecule is CC(N)C1CCN(C(=O)c2cnsn2)C1. The Kier molecular flexibility index (Phi) is 2.97. The number of rotatable bonds is 2. The van der Waals surface area contributed by atoms with Gasteiger partial charge in [0, 0.05) is 19.1 Å². The van der Waals surface area contributed by atoms with E-state index in [-0.39, 0.29) is 11.9 Å². The number of carbonyl (C=O) groups is 1. The Morgan fingerprint density at radius 1 is 1.80 bits per heavy atom. The molecule has 6 heteroatoms. The number of nitrogens with two attached hydrogens (primary N) is 1. The lowest BCUT2D eigenvalue weighted by molar-refractivity contribution is 0.0781. The average molecular weight is 226 g/mol. The van der Waals surface area contributed by atoms with Gasteiger partial charge < -0.3 is 10.6 Å². The predicted octanol–water partition coefficient (Wildman–Crippen LogP) is 0.347. The van der Waals surface area contributed by atoms with Crippen molar-refractivity contribution in [2.24, 2.45) is 11.7 Å². The van der Waals surface area contributed by atoms with Gasteiger partial charge in [-0.1, -0.05) is 0 Å². The average Bonchev–Trinajstić information content (AvgIpc) is 2.88. The maximum absolute atomic E-state index is 11.9. The van der Waals surface area contributed by atoms with Gasteiger partial charge in [0.15, 0.2) is 5.69 Å². The van der Waals surface area contributed by atoms with Gasteiger partial charge in [0.25, 0.3) is 5.91 Å². The lowest BCUT2D eigenvalue weighted by Gasteiger charge is -2.16. The molecule has 1 saturated heterocycles. The van der Waals surface area contributed by atoms with E-state index in [1.54, 1.807) is 0 Å². The Hall–Kier alpha value is -1.01. The van der Waals surface area contributed by atoms with Crippen molar-refractivity contribution < 1.29 is 4.79 Å². The van der Waals surface area contributed by atoms with E-state index >= 15 is 0 Å². The summed E-state index contributed by atoms with van der Waals surface area (Å²) in [6.45, 7) is 3.51. The van der Waals surface area contributed by atoms with Gasteiger partial charge in [-0.25, -0.2) is 0 Å². The van der Waals surface area contributed by atoms with Crippen LogP contribution in [0.2, 0.25) is 0 Å². The van der Waals surface area contributed by atoms with Crippen LogP contribution in [0.3, 0.4) is 0 Å². The third-order valence-corrected chi connectivity index (χ3v) is 3.31. The van der Waals surface area contributed by atoms with Crippen molar-refractivity contribution in [3.05, 3.63) is 11.9 Å². The van der Waals surface area contributed by atoms with Crippen LogP contribution in [-0.2, 0) is 0 Å². The summed E-state index contributed by atoms with van der Waals surface area (Å²) in [6, 6.07) is 0.149. The molecular formula is C9H14N4OS. The molecule has 1 aromatic rings. The van der Waals surface area contributed by atoms with Gasteiger partial charge in [0.2, 0.25) is 0 Å². The second kappa shape index (κ2) is 4.24. The molecule has 0 aliphatic carbocycles. The Bertz CT molecular complexity index is 338. The van der Waals surface area contributed by atoms with Gasteiger partial charge in [0.05, 0.1) is 17.9 Å². The zero-order chi connectivity index (χ0) is 10.8. The normalized spacial score (nSPS) is 23.1. The molecule has 0 saturated carbocycles. The van der Waals surface area contributed by atoms with Gasteiger partial charge in [-0.05, 0) is 19.3 Å². The summed E-state index contributed by atoms with van der Waals surface area (Å²) in [4.78, 5) is 13.7. The summed E-state index contributed by atoms with van der Waals surface area (Å²) in [5.41, 5.74) is 6.26. The number of carbonyl (C=O) groups excluding carboxylic acids is 1. The lowest BCUT2D eigenvalue weighted by atomic mass is 10.0. The van der Waals surface area contributed by atoms with Crippen LogP contribution in [0.25, 0.3) is 0 Å². The van der Waals surface area contributed by atoms with E-state index in [4.69, 9.17) is 5.73 Å². The molecule has 0 spiro atoms. The third-order valence-electron chi connectivity index (χ3n) is 2.84. The zero-order valence-electron chi connectivity index (χ0n) is 8.59. The van der Waals surface area contributed by atoms with Crippen LogP contribution in [0, 0.1) is 5.92 Å². The molecule has 2 unspecified atom stereocenters. The molecule has 1 aliphatic rings. The Morgan fingerprint density at radius 2 is 2.60 bits per heavy atom. The largest absolute Gasteiger partial charge is 0.337 e. The van der Waals surface area contributed by atoms with E-state index in [1.165, 1.54) is 6.20 Å². The second-order valence-corrected chi connectivity index (χ2v) is 4.51. The molecule has 82 valence electrons. The molecule has 2 rings (SSSR count). The number of nitrogens with zero attached hydrogens (tertiary/aromatic N) is 3. The first-order valence-corrected chi connectivity index (χ1v) is 5.74. The molecule has 15 heavy (non-hydrogen) atoms. The van der Waals surface area contributed by atoms with Crippen molar-refractivity contribution >= 4 is 17.6 Å². The fourth-order valence-electron chi connectivity index (χ4n) is 1.82. The minimum Gasteiger partial charge on any atom is -0.337 e. The maximum Gasteiger partial charge on any atom is 0.275 e. The fraction of sp³-hybridized carbons (Fsp3) is 0.667. The molecule has 1 aromatic heterocycles. The molecule has 1 aliphatic heterocycles. The van der Waals surface area contributed by atoms with Gasteiger partial charge in [-0.2, -0.15) is 8.75 Å². The van der Waals surface area contributed by atoms with Crippen LogP contribution >= 0.6 is 11.7 Å². The zero-order valence-corrected chi connectivity index (χ0v) is 9.41. The minimum atomic E-state index is -0.0214. The van der Waals surface area contributed by atoms with Crippen molar-refractivity contribution in [1.82, 2.24) is 13.6 Å². The highest BCUT2D eigenvalue weighted by Gasteiger charge is 2.29. The summed E-state index contributed by atoms with van der Waals surface area (Å²) in [6.07, 6.45) is 2.51. The fourth-order valence-corrected chi connectivity index (χ4v) is 2.23. The first-order chi connectivity index (χ1) is 7.18. The molecule has 2 N–H and O–H groups in total. The highest BCUT2D eigenvalue weighted by Crippen LogP contribution is 2.20. The van der Waals surface area contributed by atoms with Gasteiger partial charge in [-0.15, -0.1) is 0 Å². The van der Waals surface area contributed by atoms with Crippen LogP contribution in [0.15, 0.2) is 6.20 Å². The molecule has 1 fully saturated rings.